The smallest absolute Gasteiger partial charge is 0.328 e. The average molecular weight is 304 g/mol. The van der Waals surface area contributed by atoms with Gasteiger partial charge in [0.25, 0.3) is 0 Å². The van der Waals surface area contributed by atoms with Crippen LogP contribution in [0.5, 0.6) is 11.5 Å². The molecule has 6 nitrogen and oxygen atoms in total. The SMILES string of the molecule is CCC1=C(OC)N=C(Oc2ccc(OC)cc2)N=C(OC)C1. The second kappa shape index (κ2) is 7.49. The summed E-state index contributed by atoms with van der Waals surface area (Å²) in [6.07, 6.45) is 1.35. The maximum atomic E-state index is 5.70. The molecular formula is C16H20N2O4. The summed E-state index contributed by atoms with van der Waals surface area (Å²) < 4.78 is 21.4. The van der Waals surface area contributed by atoms with Crippen LogP contribution in [-0.4, -0.2) is 33.2 Å². The molecule has 0 radical (unpaired) electrons. The van der Waals surface area contributed by atoms with Gasteiger partial charge in [0.05, 0.1) is 27.8 Å². The molecule has 1 aliphatic heterocycles. The summed E-state index contributed by atoms with van der Waals surface area (Å²) in [7, 11) is 4.77. The molecule has 1 aromatic carbocycles. The highest BCUT2D eigenvalue weighted by Gasteiger charge is 2.17. The van der Waals surface area contributed by atoms with Crippen LogP contribution in [0, 0.1) is 0 Å². The molecule has 118 valence electrons. The second-order valence-electron chi connectivity index (χ2n) is 4.52. The Morgan fingerprint density at radius 1 is 0.909 bits per heavy atom. The number of aliphatic imine (C=N–C) groups is 2. The molecule has 0 unspecified atom stereocenters. The summed E-state index contributed by atoms with van der Waals surface area (Å²) >= 11 is 0. The number of hydrogen-bond donors (Lipinski definition) is 0. The molecule has 2 rings (SSSR count). The minimum absolute atomic E-state index is 0.183. The van der Waals surface area contributed by atoms with Crippen molar-refractivity contribution in [2.75, 3.05) is 21.3 Å². The van der Waals surface area contributed by atoms with Gasteiger partial charge in [-0.15, -0.1) is 0 Å². The molecule has 0 amide bonds. The molecule has 6 heteroatoms. The molecule has 1 heterocycles. The van der Waals surface area contributed by atoms with E-state index < -0.39 is 0 Å². The zero-order chi connectivity index (χ0) is 15.9. The van der Waals surface area contributed by atoms with E-state index in [2.05, 4.69) is 9.98 Å². The maximum absolute atomic E-state index is 5.70. The van der Waals surface area contributed by atoms with Crippen molar-refractivity contribution in [2.24, 2.45) is 9.98 Å². The van der Waals surface area contributed by atoms with Gasteiger partial charge in [-0.3, -0.25) is 0 Å². The van der Waals surface area contributed by atoms with Crippen LogP contribution in [0.15, 0.2) is 45.7 Å². The molecule has 0 saturated heterocycles. The molecule has 22 heavy (non-hydrogen) atoms. The van der Waals surface area contributed by atoms with Crippen LogP contribution in [-0.2, 0) is 9.47 Å². The first kappa shape index (κ1) is 15.9. The summed E-state index contributed by atoms with van der Waals surface area (Å²) in [6.45, 7) is 2.03. The molecular weight excluding hydrogens is 284 g/mol. The first-order chi connectivity index (χ1) is 10.7. The number of benzene rings is 1. The Morgan fingerprint density at radius 3 is 2.14 bits per heavy atom. The Hall–Kier alpha value is -2.50. The summed E-state index contributed by atoms with van der Waals surface area (Å²) in [5.41, 5.74) is 1.01. The van der Waals surface area contributed by atoms with Gasteiger partial charge in [-0.1, -0.05) is 6.92 Å². The minimum atomic E-state index is 0.183. The lowest BCUT2D eigenvalue weighted by molar-refractivity contribution is 0.280. The lowest BCUT2D eigenvalue weighted by Gasteiger charge is -2.07. The van der Waals surface area contributed by atoms with Gasteiger partial charge in [0, 0.05) is 5.57 Å². The molecule has 0 fully saturated rings. The fourth-order valence-corrected chi connectivity index (χ4v) is 1.97. The molecule has 1 aliphatic rings. The van der Waals surface area contributed by atoms with Gasteiger partial charge in [0.2, 0.25) is 5.88 Å². The Morgan fingerprint density at radius 2 is 1.59 bits per heavy atom. The van der Waals surface area contributed by atoms with Crippen molar-refractivity contribution >= 4 is 11.9 Å². The van der Waals surface area contributed by atoms with E-state index in [1.54, 1.807) is 45.6 Å². The Labute approximate surface area is 130 Å². The van der Waals surface area contributed by atoms with Crippen molar-refractivity contribution in [3.05, 3.63) is 35.7 Å². The Balaban J connectivity index is 2.29. The quantitative estimate of drug-likeness (QED) is 0.857. The van der Waals surface area contributed by atoms with Crippen molar-refractivity contribution in [1.82, 2.24) is 0 Å². The van der Waals surface area contributed by atoms with E-state index in [9.17, 15) is 0 Å². The van der Waals surface area contributed by atoms with Gasteiger partial charge in [-0.05, 0) is 30.7 Å². The van der Waals surface area contributed by atoms with E-state index in [-0.39, 0.29) is 6.02 Å². The van der Waals surface area contributed by atoms with Gasteiger partial charge >= 0.3 is 6.02 Å². The highest BCUT2D eigenvalue weighted by atomic mass is 16.5. The highest BCUT2D eigenvalue weighted by molar-refractivity contribution is 5.93. The zero-order valence-electron chi connectivity index (χ0n) is 13.3. The van der Waals surface area contributed by atoms with E-state index in [1.165, 1.54) is 0 Å². The van der Waals surface area contributed by atoms with Gasteiger partial charge in [-0.2, -0.15) is 9.98 Å². The lowest BCUT2D eigenvalue weighted by atomic mass is 10.1. The van der Waals surface area contributed by atoms with Crippen molar-refractivity contribution < 1.29 is 18.9 Å². The summed E-state index contributed by atoms with van der Waals surface area (Å²) in [6, 6.07) is 7.36. The third-order valence-corrected chi connectivity index (χ3v) is 3.21. The minimum Gasteiger partial charge on any atom is -0.497 e. The topological polar surface area (TPSA) is 61.6 Å². The van der Waals surface area contributed by atoms with E-state index >= 15 is 0 Å². The second-order valence-corrected chi connectivity index (χ2v) is 4.52. The van der Waals surface area contributed by atoms with Gasteiger partial charge in [0.15, 0.2) is 5.90 Å². The van der Waals surface area contributed by atoms with Gasteiger partial charge < -0.3 is 18.9 Å². The molecule has 0 atom stereocenters. The summed E-state index contributed by atoms with van der Waals surface area (Å²) in [5, 5.41) is 0. The molecule has 0 spiro atoms. The molecule has 0 aromatic heterocycles. The monoisotopic (exact) mass is 304 g/mol. The van der Waals surface area contributed by atoms with Crippen molar-refractivity contribution in [1.29, 1.82) is 0 Å². The number of hydrogen-bond acceptors (Lipinski definition) is 6. The lowest BCUT2D eigenvalue weighted by Crippen LogP contribution is -2.10. The predicted molar refractivity (Wildman–Crippen MR) is 84.4 cm³/mol. The first-order valence-corrected chi connectivity index (χ1v) is 6.98. The number of ether oxygens (including phenoxy) is 4. The standard InChI is InChI=1S/C16H20N2O4/c1-5-11-10-14(20-3)17-16(18-15(11)21-4)22-13-8-6-12(19-2)7-9-13/h6-9H,5,10H2,1-4H3. The highest BCUT2D eigenvalue weighted by Crippen LogP contribution is 2.22. The Kier molecular flexibility index (Phi) is 5.41. The molecule has 0 bridgehead atoms. The molecule has 0 N–H and O–H groups in total. The van der Waals surface area contributed by atoms with E-state index in [0.29, 0.717) is 24.0 Å². The van der Waals surface area contributed by atoms with Crippen LogP contribution in [0.3, 0.4) is 0 Å². The van der Waals surface area contributed by atoms with Crippen molar-refractivity contribution in [2.45, 2.75) is 19.8 Å². The summed E-state index contributed by atoms with van der Waals surface area (Å²) in [5.74, 6) is 2.41. The fourth-order valence-electron chi connectivity index (χ4n) is 1.97. The predicted octanol–water partition coefficient (Wildman–Crippen LogP) is 3.15. The maximum Gasteiger partial charge on any atom is 0.328 e. The zero-order valence-corrected chi connectivity index (χ0v) is 13.3. The van der Waals surface area contributed by atoms with E-state index in [4.69, 9.17) is 18.9 Å². The van der Waals surface area contributed by atoms with Crippen molar-refractivity contribution in [3.8, 4) is 11.5 Å². The first-order valence-electron chi connectivity index (χ1n) is 6.98. The van der Waals surface area contributed by atoms with Crippen LogP contribution in [0.25, 0.3) is 0 Å². The number of methoxy groups -OCH3 is 3. The Bertz CT molecular complexity index is 603. The molecule has 0 saturated carbocycles. The summed E-state index contributed by atoms with van der Waals surface area (Å²) in [4.78, 5) is 8.63. The van der Waals surface area contributed by atoms with Crippen LogP contribution in [0.4, 0.5) is 0 Å². The average Bonchev–Trinajstić information content (AvgIpc) is 2.74. The third kappa shape index (κ3) is 3.78. The van der Waals surface area contributed by atoms with Crippen LogP contribution < -0.4 is 9.47 Å². The third-order valence-electron chi connectivity index (χ3n) is 3.21. The van der Waals surface area contributed by atoms with Crippen molar-refractivity contribution in [3.63, 3.8) is 0 Å². The van der Waals surface area contributed by atoms with E-state index in [0.717, 1.165) is 17.7 Å². The number of rotatable bonds is 4. The number of nitrogens with zero attached hydrogens (tertiary/aromatic N) is 2. The normalized spacial score (nSPS) is 14.7. The number of amidine groups is 1. The molecule has 1 aromatic rings. The fraction of sp³-hybridized carbons (Fsp3) is 0.375. The van der Waals surface area contributed by atoms with Crippen LogP contribution in [0.2, 0.25) is 0 Å². The van der Waals surface area contributed by atoms with Crippen LogP contribution in [0.1, 0.15) is 19.8 Å². The molecule has 0 aliphatic carbocycles. The van der Waals surface area contributed by atoms with Crippen LogP contribution >= 0.6 is 0 Å². The van der Waals surface area contributed by atoms with Gasteiger partial charge in [-0.25, -0.2) is 0 Å². The van der Waals surface area contributed by atoms with E-state index in [1.807, 2.05) is 6.92 Å². The largest absolute Gasteiger partial charge is 0.497 e. The van der Waals surface area contributed by atoms with Gasteiger partial charge in [0.1, 0.15) is 11.5 Å².